The summed E-state index contributed by atoms with van der Waals surface area (Å²) in [5.41, 5.74) is 0.684. The molecule has 1 heterocycles. The van der Waals surface area contributed by atoms with Gasteiger partial charge in [-0.15, -0.1) is 0 Å². The monoisotopic (exact) mass is 305 g/mol. The number of aromatic nitrogens is 1. The molecular formula is C17H27N3O2. The number of pyridine rings is 1. The number of carbonyl (C=O) groups is 1. The van der Waals surface area contributed by atoms with Crippen LogP contribution in [0.15, 0.2) is 24.5 Å². The molecule has 5 nitrogen and oxygen atoms in total. The fourth-order valence-corrected chi connectivity index (χ4v) is 2.35. The second-order valence-corrected chi connectivity index (χ2v) is 7.01. The van der Waals surface area contributed by atoms with Crippen molar-refractivity contribution in [1.82, 2.24) is 15.6 Å². The number of ether oxygens (including phenoxy) is 1. The number of amides is 1. The molecule has 1 aliphatic rings. The lowest BCUT2D eigenvalue weighted by Crippen LogP contribution is -2.46. The van der Waals surface area contributed by atoms with Crippen LogP contribution in [0.4, 0.5) is 4.79 Å². The highest BCUT2D eigenvalue weighted by molar-refractivity contribution is 5.68. The Morgan fingerprint density at radius 2 is 2.18 bits per heavy atom. The van der Waals surface area contributed by atoms with E-state index in [1.165, 1.54) is 12.8 Å². The van der Waals surface area contributed by atoms with E-state index < -0.39 is 5.60 Å². The summed E-state index contributed by atoms with van der Waals surface area (Å²) in [6, 6.07) is 4.31. The van der Waals surface area contributed by atoms with E-state index in [-0.39, 0.29) is 18.2 Å². The molecule has 2 rings (SSSR count). The number of nitrogens with one attached hydrogen (secondary N) is 2. The Bertz CT molecular complexity index is 480. The lowest BCUT2D eigenvalue weighted by atomic mass is 10.1. The lowest BCUT2D eigenvalue weighted by molar-refractivity contribution is 0.0497. The fraction of sp³-hybridized carbons (Fsp3) is 0.647. The van der Waals surface area contributed by atoms with Gasteiger partial charge in [0.2, 0.25) is 0 Å². The van der Waals surface area contributed by atoms with Gasteiger partial charge in [-0.3, -0.25) is 4.98 Å². The molecule has 1 aromatic heterocycles. The zero-order valence-electron chi connectivity index (χ0n) is 13.9. The van der Waals surface area contributed by atoms with E-state index in [0.29, 0.717) is 5.92 Å². The Balaban J connectivity index is 1.83. The molecule has 122 valence electrons. The molecule has 0 spiro atoms. The normalized spacial score (nSPS) is 17.6. The molecule has 0 bridgehead atoms. The summed E-state index contributed by atoms with van der Waals surface area (Å²) in [5, 5.41) is 6.48. The second kappa shape index (κ2) is 7.09. The van der Waals surface area contributed by atoms with Crippen molar-refractivity contribution in [1.29, 1.82) is 0 Å². The standard InChI is InChI=1S/C17H27N3O2/c1-12(14-6-5-9-18-10-14)19-11-15(13-7-8-13)20-16(21)22-17(2,3)4/h5-6,9-10,12-13,15,19H,7-8,11H2,1-4H3,(H,20,21). The third-order valence-electron chi connectivity index (χ3n) is 3.72. The van der Waals surface area contributed by atoms with Crippen LogP contribution in [0.1, 0.15) is 52.1 Å². The van der Waals surface area contributed by atoms with Crippen molar-refractivity contribution in [3.63, 3.8) is 0 Å². The first-order valence-corrected chi connectivity index (χ1v) is 7.98. The van der Waals surface area contributed by atoms with Gasteiger partial charge in [0.25, 0.3) is 0 Å². The third-order valence-corrected chi connectivity index (χ3v) is 3.72. The van der Waals surface area contributed by atoms with Gasteiger partial charge >= 0.3 is 6.09 Å². The Hall–Kier alpha value is -1.62. The molecule has 0 aromatic carbocycles. The Morgan fingerprint density at radius 1 is 1.45 bits per heavy atom. The maximum absolute atomic E-state index is 11.9. The van der Waals surface area contributed by atoms with Gasteiger partial charge in [-0.25, -0.2) is 4.79 Å². The van der Waals surface area contributed by atoms with Crippen molar-refractivity contribution in [3.05, 3.63) is 30.1 Å². The molecular weight excluding hydrogens is 278 g/mol. The van der Waals surface area contributed by atoms with Crippen LogP contribution in [-0.2, 0) is 4.74 Å². The van der Waals surface area contributed by atoms with Gasteiger partial charge in [0.1, 0.15) is 5.60 Å². The molecule has 2 atom stereocenters. The molecule has 5 heteroatoms. The number of nitrogens with zero attached hydrogens (tertiary/aromatic N) is 1. The molecule has 22 heavy (non-hydrogen) atoms. The number of hydrogen-bond donors (Lipinski definition) is 2. The van der Waals surface area contributed by atoms with Crippen LogP contribution < -0.4 is 10.6 Å². The first-order chi connectivity index (χ1) is 10.3. The molecule has 0 radical (unpaired) electrons. The first-order valence-electron chi connectivity index (χ1n) is 7.98. The van der Waals surface area contributed by atoms with E-state index in [1.54, 1.807) is 6.20 Å². The number of alkyl carbamates (subject to hydrolysis) is 1. The molecule has 2 N–H and O–H groups in total. The topological polar surface area (TPSA) is 63.2 Å². The number of rotatable bonds is 6. The SMILES string of the molecule is CC(NCC(NC(=O)OC(C)(C)C)C1CC1)c1cccnc1. The summed E-state index contributed by atoms with van der Waals surface area (Å²) in [6.45, 7) is 8.47. The average molecular weight is 305 g/mol. The lowest BCUT2D eigenvalue weighted by Gasteiger charge is -2.25. The minimum atomic E-state index is -0.464. The minimum Gasteiger partial charge on any atom is -0.444 e. The largest absolute Gasteiger partial charge is 0.444 e. The Kier molecular flexibility index (Phi) is 5.40. The van der Waals surface area contributed by atoms with Gasteiger partial charge in [-0.1, -0.05) is 6.07 Å². The van der Waals surface area contributed by atoms with Crippen molar-refractivity contribution in [2.45, 2.75) is 58.2 Å². The van der Waals surface area contributed by atoms with E-state index in [1.807, 2.05) is 33.0 Å². The third kappa shape index (κ3) is 5.64. The number of hydrogen-bond acceptors (Lipinski definition) is 4. The summed E-state index contributed by atoms with van der Waals surface area (Å²) in [5.74, 6) is 0.557. The van der Waals surface area contributed by atoms with Gasteiger partial charge in [-0.05, 0) is 58.1 Å². The van der Waals surface area contributed by atoms with Gasteiger partial charge in [0.05, 0.1) is 0 Å². The van der Waals surface area contributed by atoms with Gasteiger partial charge in [0, 0.05) is 31.0 Å². The summed E-state index contributed by atoms with van der Waals surface area (Å²) < 4.78 is 5.35. The van der Waals surface area contributed by atoms with E-state index in [0.717, 1.165) is 12.1 Å². The molecule has 1 aliphatic carbocycles. The zero-order chi connectivity index (χ0) is 16.2. The smallest absolute Gasteiger partial charge is 0.407 e. The van der Waals surface area contributed by atoms with Crippen molar-refractivity contribution in [2.75, 3.05) is 6.54 Å². The Labute approximate surface area is 132 Å². The molecule has 1 fully saturated rings. The van der Waals surface area contributed by atoms with Gasteiger partial charge in [-0.2, -0.15) is 0 Å². The molecule has 1 amide bonds. The molecule has 0 aliphatic heterocycles. The first kappa shape index (κ1) is 16.7. The quantitative estimate of drug-likeness (QED) is 0.848. The average Bonchev–Trinajstić information content (AvgIpc) is 3.26. The van der Waals surface area contributed by atoms with E-state index >= 15 is 0 Å². The highest BCUT2D eigenvalue weighted by atomic mass is 16.6. The van der Waals surface area contributed by atoms with Gasteiger partial charge in [0.15, 0.2) is 0 Å². The predicted molar refractivity (Wildman–Crippen MR) is 86.5 cm³/mol. The van der Waals surface area contributed by atoms with Crippen LogP contribution in [0.2, 0.25) is 0 Å². The summed E-state index contributed by atoms with van der Waals surface area (Å²) in [4.78, 5) is 16.1. The van der Waals surface area contributed by atoms with Crippen molar-refractivity contribution >= 4 is 6.09 Å². The Morgan fingerprint density at radius 3 is 2.73 bits per heavy atom. The van der Waals surface area contributed by atoms with E-state index in [2.05, 4.69) is 28.6 Å². The molecule has 2 unspecified atom stereocenters. The summed E-state index contributed by atoms with van der Waals surface area (Å²) in [7, 11) is 0. The predicted octanol–water partition coefficient (Wildman–Crippen LogP) is 3.04. The van der Waals surface area contributed by atoms with Crippen LogP contribution in [0.5, 0.6) is 0 Å². The van der Waals surface area contributed by atoms with E-state index in [9.17, 15) is 4.79 Å². The maximum atomic E-state index is 11.9. The molecule has 1 aromatic rings. The zero-order valence-corrected chi connectivity index (χ0v) is 13.9. The summed E-state index contributed by atoms with van der Waals surface area (Å²) in [6.07, 6.45) is 5.64. The van der Waals surface area contributed by atoms with Crippen LogP contribution in [0, 0.1) is 5.92 Å². The van der Waals surface area contributed by atoms with Crippen molar-refractivity contribution < 1.29 is 9.53 Å². The highest BCUT2D eigenvalue weighted by Gasteiger charge is 2.33. The molecule has 0 saturated heterocycles. The maximum Gasteiger partial charge on any atom is 0.407 e. The summed E-state index contributed by atoms with van der Waals surface area (Å²) >= 11 is 0. The highest BCUT2D eigenvalue weighted by Crippen LogP contribution is 2.32. The van der Waals surface area contributed by atoms with Crippen LogP contribution in [0.25, 0.3) is 0 Å². The van der Waals surface area contributed by atoms with Crippen molar-refractivity contribution in [3.8, 4) is 0 Å². The van der Waals surface area contributed by atoms with Gasteiger partial charge < -0.3 is 15.4 Å². The number of carbonyl (C=O) groups excluding carboxylic acids is 1. The van der Waals surface area contributed by atoms with Crippen LogP contribution >= 0.6 is 0 Å². The van der Waals surface area contributed by atoms with Crippen molar-refractivity contribution in [2.24, 2.45) is 5.92 Å². The fourth-order valence-electron chi connectivity index (χ4n) is 2.35. The molecule has 1 saturated carbocycles. The van der Waals surface area contributed by atoms with Crippen LogP contribution in [-0.4, -0.2) is 29.3 Å². The minimum absolute atomic E-state index is 0.119. The van der Waals surface area contributed by atoms with Crippen LogP contribution in [0.3, 0.4) is 0 Å². The van der Waals surface area contributed by atoms with E-state index in [4.69, 9.17) is 4.74 Å². The second-order valence-electron chi connectivity index (χ2n) is 7.01.